The molecule has 0 saturated carbocycles. The second-order valence-electron chi connectivity index (χ2n) is 4.47. The van der Waals surface area contributed by atoms with E-state index >= 15 is 0 Å². The zero-order chi connectivity index (χ0) is 12.8. The molecule has 0 aromatic carbocycles. The van der Waals surface area contributed by atoms with Gasteiger partial charge in [-0.3, -0.25) is 4.79 Å². The fourth-order valence-corrected chi connectivity index (χ4v) is 2.13. The van der Waals surface area contributed by atoms with Crippen LogP contribution < -0.4 is 11.1 Å². The predicted molar refractivity (Wildman–Crippen MR) is 69.5 cm³/mol. The van der Waals surface area contributed by atoms with E-state index in [1.165, 1.54) is 6.42 Å². The second kappa shape index (κ2) is 6.35. The van der Waals surface area contributed by atoms with Crippen LogP contribution in [-0.2, 0) is 4.74 Å². The van der Waals surface area contributed by atoms with Gasteiger partial charge in [0.25, 0.3) is 5.91 Å². The zero-order valence-corrected chi connectivity index (χ0v) is 10.4. The van der Waals surface area contributed by atoms with Gasteiger partial charge in [-0.1, -0.05) is 0 Å². The number of aromatic nitrogens is 1. The highest BCUT2D eigenvalue weighted by molar-refractivity contribution is 5.97. The maximum Gasteiger partial charge on any atom is 0.252 e. The van der Waals surface area contributed by atoms with Crippen LogP contribution in [0.4, 0.5) is 5.82 Å². The summed E-state index contributed by atoms with van der Waals surface area (Å²) in [6.07, 6.45) is 6.41. The van der Waals surface area contributed by atoms with Gasteiger partial charge in [-0.2, -0.15) is 0 Å². The Kier molecular flexibility index (Phi) is 4.52. The van der Waals surface area contributed by atoms with Crippen molar-refractivity contribution in [2.45, 2.75) is 31.8 Å². The van der Waals surface area contributed by atoms with Crippen LogP contribution in [0.3, 0.4) is 0 Å². The molecule has 1 atom stereocenters. The number of anilines is 1. The van der Waals surface area contributed by atoms with Crippen LogP contribution in [-0.4, -0.2) is 30.1 Å². The van der Waals surface area contributed by atoms with E-state index in [9.17, 15) is 4.79 Å². The van der Waals surface area contributed by atoms with Crippen molar-refractivity contribution in [3.63, 3.8) is 0 Å². The molecule has 1 aliphatic rings. The molecule has 1 saturated heterocycles. The number of nitrogens with zero attached hydrogens (tertiary/aromatic N) is 1. The fourth-order valence-electron chi connectivity index (χ4n) is 2.13. The molecular weight excluding hydrogens is 230 g/mol. The Labute approximate surface area is 107 Å². The molecular formula is C13H19N3O2. The maximum atomic E-state index is 11.2. The van der Waals surface area contributed by atoms with Crippen molar-refractivity contribution < 1.29 is 9.53 Å². The van der Waals surface area contributed by atoms with Gasteiger partial charge in [-0.05, 0) is 37.8 Å². The molecule has 1 unspecified atom stereocenters. The van der Waals surface area contributed by atoms with Crippen molar-refractivity contribution in [2.24, 2.45) is 5.73 Å². The molecule has 1 fully saturated rings. The number of amides is 1. The van der Waals surface area contributed by atoms with Crippen LogP contribution in [0.5, 0.6) is 0 Å². The van der Waals surface area contributed by atoms with E-state index in [1.54, 1.807) is 18.3 Å². The highest BCUT2D eigenvalue weighted by atomic mass is 16.5. The van der Waals surface area contributed by atoms with Crippen LogP contribution in [0.25, 0.3) is 0 Å². The number of rotatable bonds is 5. The largest absolute Gasteiger partial charge is 0.378 e. The Morgan fingerprint density at radius 2 is 2.44 bits per heavy atom. The number of nitrogens with one attached hydrogen (secondary N) is 1. The quantitative estimate of drug-likeness (QED) is 0.830. The minimum atomic E-state index is -0.459. The molecule has 1 amide bonds. The minimum Gasteiger partial charge on any atom is -0.378 e. The highest BCUT2D eigenvalue weighted by Crippen LogP contribution is 2.16. The van der Waals surface area contributed by atoms with E-state index < -0.39 is 5.91 Å². The molecule has 2 rings (SSSR count). The predicted octanol–water partition coefficient (Wildman–Crippen LogP) is 1.55. The Bertz CT molecular complexity index is 403. The summed E-state index contributed by atoms with van der Waals surface area (Å²) in [5, 5.41) is 3.15. The monoisotopic (exact) mass is 249 g/mol. The summed E-state index contributed by atoms with van der Waals surface area (Å²) in [4.78, 5) is 15.3. The molecule has 0 spiro atoms. The molecule has 0 bridgehead atoms. The van der Waals surface area contributed by atoms with Gasteiger partial charge in [0.2, 0.25) is 0 Å². The summed E-state index contributed by atoms with van der Waals surface area (Å²) in [5.74, 6) is 0.0975. The average Bonchev–Trinajstić information content (AvgIpc) is 2.40. The molecule has 3 N–H and O–H groups in total. The molecule has 1 aromatic heterocycles. The first-order valence-electron chi connectivity index (χ1n) is 6.37. The van der Waals surface area contributed by atoms with Gasteiger partial charge in [-0.25, -0.2) is 4.98 Å². The third kappa shape index (κ3) is 3.43. The van der Waals surface area contributed by atoms with Gasteiger partial charge in [0.15, 0.2) is 0 Å². The van der Waals surface area contributed by atoms with E-state index in [1.807, 2.05) is 0 Å². The molecule has 2 heterocycles. The highest BCUT2D eigenvalue weighted by Gasteiger charge is 2.14. The molecule has 18 heavy (non-hydrogen) atoms. The van der Waals surface area contributed by atoms with Crippen molar-refractivity contribution in [1.82, 2.24) is 4.98 Å². The number of primary amides is 1. The summed E-state index contributed by atoms with van der Waals surface area (Å²) < 4.78 is 5.64. The summed E-state index contributed by atoms with van der Waals surface area (Å²) in [6.45, 7) is 1.60. The van der Waals surface area contributed by atoms with Gasteiger partial charge < -0.3 is 15.8 Å². The Morgan fingerprint density at radius 3 is 3.17 bits per heavy atom. The Balaban J connectivity index is 1.84. The first kappa shape index (κ1) is 12.8. The minimum absolute atomic E-state index is 0.326. The van der Waals surface area contributed by atoms with E-state index in [2.05, 4.69) is 10.3 Å². The van der Waals surface area contributed by atoms with E-state index in [0.717, 1.165) is 32.4 Å². The molecule has 1 aliphatic heterocycles. The topological polar surface area (TPSA) is 77.2 Å². The van der Waals surface area contributed by atoms with Crippen LogP contribution in [0.2, 0.25) is 0 Å². The lowest BCUT2D eigenvalue weighted by molar-refractivity contribution is 0.0134. The van der Waals surface area contributed by atoms with Crippen LogP contribution in [0.1, 0.15) is 36.0 Å². The maximum absolute atomic E-state index is 11.2. The first-order valence-corrected chi connectivity index (χ1v) is 6.37. The van der Waals surface area contributed by atoms with E-state index in [-0.39, 0.29) is 0 Å². The average molecular weight is 249 g/mol. The normalized spacial score (nSPS) is 19.4. The lowest BCUT2D eigenvalue weighted by Crippen LogP contribution is -2.23. The Hall–Kier alpha value is -1.62. The molecule has 98 valence electrons. The van der Waals surface area contributed by atoms with Gasteiger partial charge in [0, 0.05) is 19.3 Å². The third-order valence-electron chi connectivity index (χ3n) is 3.11. The molecule has 0 aliphatic carbocycles. The first-order chi connectivity index (χ1) is 8.77. The summed E-state index contributed by atoms with van der Waals surface area (Å²) in [7, 11) is 0. The fraction of sp³-hybridized carbons (Fsp3) is 0.538. The van der Waals surface area contributed by atoms with Crippen molar-refractivity contribution in [2.75, 3.05) is 18.5 Å². The van der Waals surface area contributed by atoms with E-state index in [0.29, 0.717) is 17.5 Å². The second-order valence-corrected chi connectivity index (χ2v) is 4.47. The van der Waals surface area contributed by atoms with Gasteiger partial charge in [0.1, 0.15) is 5.82 Å². The number of hydrogen-bond donors (Lipinski definition) is 2. The lowest BCUT2D eigenvalue weighted by atomic mass is 10.1. The van der Waals surface area contributed by atoms with Gasteiger partial charge >= 0.3 is 0 Å². The zero-order valence-electron chi connectivity index (χ0n) is 10.4. The number of pyridine rings is 1. The molecule has 1 aromatic rings. The molecule has 5 nitrogen and oxygen atoms in total. The summed E-state index contributed by atoms with van der Waals surface area (Å²) in [6, 6.07) is 3.38. The molecule has 0 radical (unpaired) electrons. The number of carbonyl (C=O) groups is 1. The number of nitrogens with two attached hydrogens (primary N) is 1. The number of ether oxygens (including phenoxy) is 1. The van der Waals surface area contributed by atoms with Gasteiger partial charge in [-0.15, -0.1) is 0 Å². The number of hydrogen-bond acceptors (Lipinski definition) is 4. The smallest absolute Gasteiger partial charge is 0.252 e. The summed E-state index contributed by atoms with van der Waals surface area (Å²) >= 11 is 0. The van der Waals surface area contributed by atoms with Crippen LogP contribution in [0, 0.1) is 0 Å². The third-order valence-corrected chi connectivity index (χ3v) is 3.11. The van der Waals surface area contributed by atoms with Gasteiger partial charge in [0.05, 0.1) is 11.7 Å². The van der Waals surface area contributed by atoms with Crippen molar-refractivity contribution in [1.29, 1.82) is 0 Å². The molecule has 5 heteroatoms. The van der Waals surface area contributed by atoms with Crippen molar-refractivity contribution >= 4 is 11.7 Å². The van der Waals surface area contributed by atoms with Crippen LogP contribution >= 0.6 is 0 Å². The standard InChI is InChI=1S/C13H19N3O2/c14-12(17)11-5-3-7-15-13(11)16-8-6-10-4-1-2-9-18-10/h3,5,7,10H,1-2,4,6,8-9H2,(H2,14,17)(H,15,16). The van der Waals surface area contributed by atoms with E-state index in [4.69, 9.17) is 10.5 Å². The summed E-state index contributed by atoms with van der Waals surface area (Å²) in [5.41, 5.74) is 5.72. The Morgan fingerprint density at radius 1 is 1.56 bits per heavy atom. The van der Waals surface area contributed by atoms with Crippen LogP contribution in [0.15, 0.2) is 18.3 Å². The lowest BCUT2D eigenvalue weighted by Gasteiger charge is -2.22. The van der Waals surface area contributed by atoms with Crippen molar-refractivity contribution in [3.05, 3.63) is 23.9 Å². The number of carbonyl (C=O) groups excluding carboxylic acids is 1. The van der Waals surface area contributed by atoms with Crippen molar-refractivity contribution in [3.8, 4) is 0 Å². The SMILES string of the molecule is NC(=O)c1cccnc1NCCC1CCCCO1.